The second-order valence-corrected chi connectivity index (χ2v) is 3.61. The fourth-order valence-corrected chi connectivity index (χ4v) is 1.51. The van der Waals surface area contributed by atoms with Crippen molar-refractivity contribution < 1.29 is 19.7 Å². The predicted molar refractivity (Wildman–Crippen MR) is 58.6 cm³/mol. The molecule has 0 saturated carbocycles. The second kappa shape index (κ2) is 4.85. The van der Waals surface area contributed by atoms with Crippen LogP contribution in [0.5, 0.6) is 11.5 Å². The zero-order chi connectivity index (χ0) is 12.3. The molecule has 0 heterocycles. The lowest BCUT2D eigenvalue weighted by molar-refractivity contribution is -0.137. The van der Waals surface area contributed by atoms with Gasteiger partial charge in [-0.05, 0) is 18.6 Å². The van der Waals surface area contributed by atoms with E-state index in [4.69, 9.17) is 15.6 Å². The van der Waals surface area contributed by atoms with Crippen molar-refractivity contribution in [2.45, 2.75) is 19.4 Å². The molecule has 0 bridgehead atoms. The van der Waals surface area contributed by atoms with Crippen LogP contribution in [0, 0.1) is 6.92 Å². The maximum absolute atomic E-state index is 10.5. The molecule has 5 nitrogen and oxygen atoms in total. The minimum atomic E-state index is -1.01. The summed E-state index contributed by atoms with van der Waals surface area (Å²) in [5, 5.41) is 18.4. The highest BCUT2D eigenvalue weighted by Gasteiger charge is 2.17. The molecule has 0 fully saturated rings. The molecule has 88 valence electrons. The summed E-state index contributed by atoms with van der Waals surface area (Å²) in [6.45, 7) is 1.82. The summed E-state index contributed by atoms with van der Waals surface area (Å²) in [5.41, 5.74) is 6.93. The minimum Gasteiger partial charge on any atom is -0.504 e. The Balaban J connectivity index is 3.12. The van der Waals surface area contributed by atoms with Gasteiger partial charge in [0.25, 0.3) is 0 Å². The van der Waals surface area contributed by atoms with E-state index in [-0.39, 0.29) is 12.2 Å². The third kappa shape index (κ3) is 2.64. The van der Waals surface area contributed by atoms with E-state index in [1.54, 1.807) is 12.1 Å². The molecule has 0 aliphatic heterocycles. The predicted octanol–water partition coefficient (Wildman–Crippen LogP) is 1.18. The molecule has 0 amide bonds. The average molecular weight is 225 g/mol. The standard InChI is InChI=1S/C11H15NO4/c1-6-3-7(8(12)5-10(13)14)11(15)9(4-6)16-2/h3-4,8,15H,5,12H2,1-2H3,(H,13,14). The van der Waals surface area contributed by atoms with E-state index in [2.05, 4.69) is 0 Å². The van der Waals surface area contributed by atoms with Gasteiger partial charge in [-0.15, -0.1) is 0 Å². The van der Waals surface area contributed by atoms with Gasteiger partial charge in [-0.1, -0.05) is 6.07 Å². The second-order valence-electron chi connectivity index (χ2n) is 3.61. The third-order valence-electron chi connectivity index (χ3n) is 2.26. The number of benzene rings is 1. The molecular formula is C11H15NO4. The average Bonchev–Trinajstić information content (AvgIpc) is 2.19. The molecule has 0 aromatic heterocycles. The van der Waals surface area contributed by atoms with Gasteiger partial charge in [-0.2, -0.15) is 0 Å². The summed E-state index contributed by atoms with van der Waals surface area (Å²) < 4.78 is 4.97. The Hall–Kier alpha value is -1.75. The zero-order valence-corrected chi connectivity index (χ0v) is 9.23. The first-order valence-corrected chi connectivity index (χ1v) is 4.80. The molecule has 0 aliphatic carbocycles. The molecule has 1 rings (SSSR count). The molecule has 0 saturated heterocycles. The summed E-state index contributed by atoms with van der Waals surface area (Å²) in [6.07, 6.45) is -0.236. The van der Waals surface area contributed by atoms with Gasteiger partial charge in [-0.3, -0.25) is 4.79 Å². The van der Waals surface area contributed by atoms with Gasteiger partial charge in [0.1, 0.15) is 0 Å². The van der Waals surface area contributed by atoms with Crippen molar-refractivity contribution in [3.05, 3.63) is 23.3 Å². The maximum atomic E-state index is 10.5. The molecular weight excluding hydrogens is 210 g/mol. The number of aromatic hydroxyl groups is 1. The van der Waals surface area contributed by atoms with Crippen molar-refractivity contribution in [2.24, 2.45) is 5.73 Å². The number of hydrogen-bond donors (Lipinski definition) is 3. The Morgan fingerprint density at radius 3 is 2.69 bits per heavy atom. The van der Waals surface area contributed by atoms with Crippen LogP contribution < -0.4 is 10.5 Å². The molecule has 0 spiro atoms. The fraction of sp³-hybridized carbons (Fsp3) is 0.364. The third-order valence-corrected chi connectivity index (χ3v) is 2.26. The van der Waals surface area contributed by atoms with E-state index < -0.39 is 12.0 Å². The number of phenols is 1. The molecule has 0 radical (unpaired) electrons. The van der Waals surface area contributed by atoms with Gasteiger partial charge in [0.15, 0.2) is 11.5 Å². The number of aliphatic carboxylic acids is 1. The summed E-state index contributed by atoms with van der Waals surface area (Å²) in [6, 6.07) is 2.57. The fourth-order valence-electron chi connectivity index (χ4n) is 1.51. The summed E-state index contributed by atoms with van der Waals surface area (Å²) >= 11 is 0. The number of hydrogen-bond acceptors (Lipinski definition) is 4. The normalized spacial score (nSPS) is 12.2. The molecule has 1 aromatic rings. The van der Waals surface area contributed by atoms with Crippen LogP contribution >= 0.6 is 0 Å². The molecule has 4 N–H and O–H groups in total. The molecule has 16 heavy (non-hydrogen) atoms. The van der Waals surface area contributed by atoms with Crippen molar-refractivity contribution in [3.63, 3.8) is 0 Å². The van der Waals surface area contributed by atoms with Crippen LogP contribution in [0.25, 0.3) is 0 Å². The van der Waals surface area contributed by atoms with Gasteiger partial charge < -0.3 is 20.7 Å². The van der Waals surface area contributed by atoms with Crippen LogP contribution in [-0.4, -0.2) is 23.3 Å². The maximum Gasteiger partial charge on any atom is 0.305 e. The Morgan fingerprint density at radius 1 is 1.56 bits per heavy atom. The van der Waals surface area contributed by atoms with Crippen LogP contribution in [0.2, 0.25) is 0 Å². The molecule has 0 aliphatic rings. The number of methoxy groups -OCH3 is 1. The van der Waals surface area contributed by atoms with Crippen molar-refractivity contribution in [2.75, 3.05) is 7.11 Å². The van der Waals surface area contributed by atoms with Gasteiger partial charge in [0.2, 0.25) is 0 Å². The van der Waals surface area contributed by atoms with Crippen molar-refractivity contribution in [3.8, 4) is 11.5 Å². The van der Waals surface area contributed by atoms with Crippen molar-refractivity contribution >= 4 is 5.97 Å². The summed E-state index contributed by atoms with van der Waals surface area (Å²) in [7, 11) is 1.43. The first kappa shape index (κ1) is 12.3. The van der Waals surface area contributed by atoms with Crippen LogP contribution in [0.15, 0.2) is 12.1 Å². The summed E-state index contributed by atoms with van der Waals surface area (Å²) in [4.78, 5) is 10.5. The van der Waals surface area contributed by atoms with E-state index >= 15 is 0 Å². The Labute approximate surface area is 93.5 Å². The number of rotatable bonds is 4. The van der Waals surface area contributed by atoms with Crippen LogP contribution in [0.4, 0.5) is 0 Å². The smallest absolute Gasteiger partial charge is 0.305 e. The Bertz CT molecular complexity index is 403. The highest BCUT2D eigenvalue weighted by molar-refractivity contribution is 5.68. The van der Waals surface area contributed by atoms with E-state index in [0.717, 1.165) is 5.56 Å². The van der Waals surface area contributed by atoms with Crippen LogP contribution in [-0.2, 0) is 4.79 Å². The van der Waals surface area contributed by atoms with Crippen molar-refractivity contribution in [1.29, 1.82) is 0 Å². The lowest BCUT2D eigenvalue weighted by Crippen LogP contribution is -2.15. The first-order valence-electron chi connectivity index (χ1n) is 4.80. The highest BCUT2D eigenvalue weighted by atomic mass is 16.5. The van der Waals surface area contributed by atoms with Crippen LogP contribution in [0.1, 0.15) is 23.6 Å². The van der Waals surface area contributed by atoms with Gasteiger partial charge >= 0.3 is 5.97 Å². The molecule has 1 atom stereocenters. The van der Waals surface area contributed by atoms with E-state index in [1.807, 2.05) is 6.92 Å². The van der Waals surface area contributed by atoms with Crippen molar-refractivity contribution in [1.82, 2.24) is 0 Å². The topological polar surface area (TPSA) is 92.8 Å². The number of carboxylic acid groups (broad SMARTS) is 1. The number of carboxylic acids is 1. The number of phenolic OH excluding ortho intramolecular Hbond substituents is 1. The zero-order valence-electron chi connectivity index (χ0n) is 9.23. The Morgan fingerprint density at radius 2 is 2.19 bits per heavy atom. The minimum absolute atomic E-state index is 0.0955. The number of ether oxygens (including phenoxy) is 1. The van der Waals surface area contributed by atoms with Crippen LogP contribution in [0.3, 0.4) is 0 Å². The number of nitrogens with two attached hydrogens (primary N) is 1. The van der Waals surface area contributed by atoms with Gasteiger partial charge in [0, 0.05) is 11.6 Å². The highest BCUT2D eigenvalue weighted by Crippen LogP contribution is 2.35. The van der Waals surface area contributed by atoms with Gasteiger partial charge in [-0.25, -0.2) is 0 Å². The monoisotopic (exact) mass is 225 g/mol. The first-order chi connectivity index (χ1) is 7.45. The number of aryl methyl sites for hydroxylation is 1. The lowest BCUT2D eigenvalue weighted by Gasteiger charge is -2.15. The largest absolute Gasteiger partial charge is 0.504 e. The van der Waals surface area contributed by atoms with E-state index in [1.165, 1.54) is 7.11 Å². The molecule has 5 heteroatoms. The molecule has 1 aromatic carbocycles. The number of carbonyl (C=O) groups is 1. The quantitative estimate of drug-likeness (QED) is 0.715. The summed E-state index contributed by atoms with van der Waals surface area (Å²) in [5.74, 6) is -0.801. The van der Waals surface area contributed by atoms with Gasteiger partial charge in [0.05, 0.1) is 13.5 Å². The Kier molecular flexibility index (Phi) is 3.73. The lowest BCUT2D eigenvalue weighted by atomic mass is 10.0. The SMILES string of the molecule is COc1cc(C)cc(C(N)CC(=O)O)c1O. The van der Waals surface area contributed by atoms with E-state index in [9.17, 15) is 9.90 Å². The molecule has 1 unspecified atom stereocenters. The van der Waals surface area contributed by atoms with E-state index in [0.29, 0.717) is 11.3 Å².